The predicted molar refractivity (Wildman–Crippen MR) is 132 cm³/mol. The Morgan fingerprint density at radius 3 is 2.39 bits per heavy atom. The lowest BCUT2D eigenvalue weighted by molar-refractivity contribution is -0.113. The van der Waals surface area contributed by atoms with Gasteiger partial charge in [0.15, 0.2) is 11.0 Å². The third kappa shape index (κ3) is 6.51. The number of benzene rings is 3. The number of nitrogens with zero attached hydrogens (tertiary/aromatic N) is 3. The number of hydrogen-bond acceptors (Lipinski definition) is 5. The zero-order chi connectivity index (χ0) is 23.0. The van der Waals surface area contributed by atoms with Crippen LogP contribution in [0.3, 0.4) is 0 Å². The summed E-state index contributed by atoms with van der Waals surface area (Å²) in [5.74, 6) is 1.40. The largest absolute Gasteiger partial charge is 0.486 e. The molecule has 0 bridgehead atoms. The zero-order valence-corrected chi connectivity index (χ0v) is 19.8. The standard InChI is InChI=1S/C24H20Cl2N4O2S/c25-20-12-11-18(13-21(20)26)27-23(31)16-33-24-29-28-22(15-32-19-9-5-2-6-10-19)30(24)14-17-7-3-1-4-8-17/h1-13H,14-16H2,(H,27,31). The van der Waals surface area contributed by atoms with Crippen LogP contribution in [-0.2, 0) is 17.9 Å². The number of rotatable bonds is 9. The SMILES string of the molecule is O=C(CSc1nnc(COc2ccccc2)n1Cc1ccccc1)Nc1ccc(Cl)c(Cl)c1. The maximum Gasteiger partial charge on any atom is 0.234 e. The van der Waals surface area contributed by atoms with Crippen LogP contribution in [0.25, 0.3) is 0 Å². The Morgan fingerprint density at radius 2 is 1.67 bits per heavy atom. The second-order valence-electron chi connectivity index (χ2n) is 7.04. The zero-order valence-electron chi connectivity index (χ0n) is 17.4. The molecule has 3 aromatic carbocycles. The van der Waals surface area contributed by atoms with Crippen LogP contribution in [0.2, 0.25) is 10.0 Å². The van der Waals surface area contributed by atoms with Crippen LogP contribution < -0.4 is 10.1 Å². The summed E-state index contributed by atoms with van der Waals surface area (Å²) < 4.78 is 7.84. The van der Waals surface area contributed by atoms with Gasteiger partial charge in [-0.25, -0.2) is 0 Å². The van der Waals surface area contributed by atoms with E-state index >= 15 is 0 Å². The summed E-state index contributed by atoms with van der Waals surface area (Å²) >= 11 is 13.3. The minimum Gasteiger partial charge on any atom is -0.486 e. The van der Waals surface area contributed by atoms with E-state index in [0.717, 1.165) is 11.3 Å². The highest BCUT2D eigenvalue weighted by Gasteiger charge is 2.16. The van der Waals surface area contributed by atoms with Crippen LogP contribution in [0.4, 0.5) is 5.69 Å². The van der Waals surface area contributed by atoms with Gasteiger partial charge in [-0.05, 0) is 35.9 Å². The number of hydrogen-bond donors (Lipinski definition) is 1. The molecule has 0 saturated carbocycles. The molecule has 1 N–H and O–H groups in total. The quantitative estimate of drug-likeness (QED) is 0.289. The van der Waals surface area contributed by atoms with Crippen LogP contribution in [-0.4, -0.2) is 26.4 Å². The van der Waals surface area contributed by atoms with E-state index in [0.29, 0.717) is 33.3 Å². The molecule has 0 aliphatic heterocycles. The number of amides is 1. The Bertz CT molecular complexity index is 1220. The van der Waals surface area contributed by atoms with Crippen molar-refractivity contribution in [2.45, 2.75) is 18.3 Å². The van der Waals surface area contributed by atoms with Crippen molar-refractivity contribution in [1.29, 1.82) is 0 Å². The number of para-hydroxylation sites is 1. The van der Waals surface area contributed by atoms with Crippen LogP contribution in [0.15, 0.2) is 84.0 Å². The van der Waals surface area contributed by atoms with Crippen molar-refractivity contribution in [3.63, 3.8) is 0 Å². The molecule has 0 aliphatic carbocycles. The molecule has 1 heterocycles. The van der Waals surface area contributed by atoms with E-state index in [-0.39, 0.29) is 18.3 Å². The predicted octanol–water partition coefficient (Wildman–Crippen LogP) is 5.94. The first kappa shape index (κ1) is 23.2. The van der Waals surface area contributed by atoms with E-state index in [4.69, 9.17) is 27.9 Å². The topological polar surface area (TPSA) is 69.0 Å². The van der Waals surface area contributed by atoms with Gasteiger partial charge < -0.3 is 10.1 Å². The number of anilines is 1. The molecule has 4 aromatic rings. The fourth-order valence-corrected chi connectivity index (χ4v) is 4.08. The van der Waals surface area contributed by atoms with E-state index in [2.05, 4.69) is 15.5 Å². The third-order valence-electron chi connectivity index (χ3n) is 4.62. The summed E-state index contributed by atoms with van der Waals surface area (Å²) in [7, 11) is 0. The van der Waals surface area contributed by atoms with E-state index in [1.165, 1.54) is 11.8 Å². The van der Waals surface area contributed by atoms with Gasteiger partial charge in [0.1, 0.15) is 12.4 Å². The van der Waals surface area contributed by atoms with Crippen LogP contribution >= 0.6 is 35.0 Å². The van der Waals surface area contributed by atoms with Crippen molar-refractivity contribution in [2.24, 2.45) is 0 Å². The first-order valence-corrected chi connectivity index (χ1v) is 11.8. The number of halogens is 2. The minimum atomic E-state index is -0.185. The molecule has 0 spiro atoms. The molecule has 1 amide bonds. The molecular weight excluding hydrogens is 479 g/mol. The molecule has 0 atom stereocenters. The lowest BCUT2D eigenvalue weighted by Crippen LogP contribution is -2.15. The highest BCUT2D eigenvalue weighted by molar-refractivity contribution is 7.99. The first-order chi connectivity index (χ1) is 16.1. The maximum absolute atomic E-state index is 12.5. The highest BCUT2D eigenvalue weighted by atomic mass is 35.5. The summed E-state index contributed by atoms with van der Waals surface area (Å²) in [6.07, 6.45) is 0. The van der Waals surface area contributed by atoms with Gasteiger partial charge in [0.2, 0.25) is 5.91 Å². The second-order valence-corrected chi connectivity index (χ2v) is 8.79. The van der Waals surface area contributed by atoms with Crippen LogP contribution in [0, 0.1) is 0 Å². The van der Waals surface area contributed by atoms with Gasteiger partial charge in [-0.15, -0.1) is 10.2 Å². The number of carbonyl (C=O) groups excluding carboxylic acids is 1. The van der Waals surface area contributed by atoms with Gasteiger partial charge in [-0.3, -0.25) is 9.36 Å². The Kier molecular flexibility index (Phi) is 7.88. The van der Waals surface area contributed by atoms with Crippen molar-refractivity contribution in [3.05, 3.63) is 100 Å². The van der Waals surface area contributed by atoms with Gasteiger partial charge in [0.25, 0.3) is 0 Å². The molecule has 0 aliphatic rings. The first-order valence-electron chi connectivity index (χ1n) is 10.1. The van der Waals surface area contributed by atoms with Gasteiger partial charge >= 0.3 is 0 Å². The van der Waals surface area contributed by atoms with Crippen molar-refractivity contribution < 1.29 is 9.53 Å². The van der Waals surface area contributed by atoms with Crippen molar-refractivity contribution in [3.8, 4) is 5.75 Å². The monoisotopic (exact) mass is 498 g/mol. The molecule has 4 rings (SSSR count). The molecule has 0 fully saturated rings. The average Bonchev–Trinajstić information content (AvgIpc) is 3.21. The van der Waals surface area contributed by atoms with Gasteiger partial charge in [0, 0.05) is 5.69 Å². The molecule has 6 nitrogen and oxygen atoms in total. The number of thioether (sulfide) groups is 1. The molecule has 168 valence electrons. The number of ether oxygens (including phenoxy) is 1. The Balaban J connectivity index is 1.46. The van der Waals surface area contributed by atoms with Gasteiger partial charge in [-0.1, -0.05) is 83.5 Å². The molecule has 1 aromatic heterocycles. The van der Waals surface area contributed by atoms with Crippen molar-refractivity contribution in [2.75, 3.05) is 11.1 Å². The number of nitrogens with one attached hydrogen (secondary N) is 1. The fraction of sp³-hybridized carbons (Fsp3) is 0.125. The molecule has 0 radical (unpaired) electrons. The molecular formula is C24H20Cl2N4O2S. The average molecular weight is 499 g/mol. The molecule has 0 unspecified atom stereocenters. The minimum absolute atomic E-state index is 0.159. The Labute approximate surface area is 205 Å². The fourth-order valence-electron chi connectivity index (χ4n) is 3.02. The highest BCUT2D eigenvalue weighted by Crippen LogP contribution is 2.26. The van der Waals surface area contributed by atoms with Gasteiger partial charge in [-0.2, -0.15) is 0 Å². The van der Waals surface area contributed by atoms with E-state index in [1.807, 2.05) is 65.2 Å². The summed E-state index contributed by atoms with van der Waals surface area (Å²) in [6.45, 7) is 0.831. The second kappa shape index (κ2) is 11.2. The summed E-state index contributed by atoms with van der Waals surface area (Å²) in [5.41, 5.74) is 1.68. The van der Waals surface area contributed by atoms with E-state index in [1.54, 1.807) is 18.2 Å². The molecule has 0 saturated heterocycles. The van der Waals surface area contributed by atoms with Crippen molar-refractivity contribution >= 4 is 46.6 Å². The van der Waals surface area contributed by atoms with E-state index in [9.17, 15) is 4.79 Å². The normalized spacial score (nSPS) is 10.7. The summed E-state index contributed by atoms with van der Waals surface area (Å²) in [5, 5.41) is 12.9. The Morgan fingerprint density at radius 1 is 0.939 bits per heavy atom. The summed E-state index contributed by atoms with van der Waals surface area (Å²) in [4.78, 5) is 12.5. The Hall–Kier alpha value is -3.00. The third-order valence-corrected chi connectivity index (χ3v) is 6.33. The van der Waals surface area contributed by atoms with Gasteiger partial charge in [0.05, 0.1) is 22.3 Å². The molecule has 9 heteroatoms. The van der Waals surface area contributed by atoms with Crippen molar-refractivity contribution in [1.82, 2.24) is 14.8 Å². The maximum atomic E-state index is 12.5. The smallest absolute Gasteiger partial charge is 0.234 e. The van der Waals surface area contributed by atoms with Crippen LogP contribution in [0.1, 0.15) is 11.4 Å². The summed E-state index contributed by atoms with van der Waals surface area (Å²) in [6, 6.07) is 24.5. The lowest BCUT2D eigenvalue weighted by atomic mass is 10.2. The molecule has 33 heavy (non-hydrogen) atoms. The number of aromatic nitrogens is 3. The number of carbonyl (C=O) groups is 1. The van der Waals surface area contributed by atoms with Crippen LogP contribution in [0.5, 0.6) is 5.75 Å². The lowest BCUT2D eigenvalue weighted by Gasteiger charge is -2.11. The van der Waals surface area contributed by atoms with E-state index < -0.39 is 0 Å².